The molecule has 0 saturated heterocycles. The third-order valence-electron chi connectivity index (χ3n) is 2.08. The van der Waals surface area contributed by atoms with Crippen molar-refractivity contribution in [3.63, 3.8) is 0 Å². The number of benzene rings is 1. The van der Waals surface area contributed by atoms with Crippen LogP contribution in [0.4, 0.5) is 13.2 Å². The van der Waals surface area contributed by atoms with Crippen molar-refractivity contribution in [2.75, 3.05) is 0 Å². The van der Waals surface area contributed by atoms with Gasteiger partial charge in [-0.25, -0.2) is 13.2 Å². The van der Waals surface area contributed by atoms with Crippen LogP contribution in [-0.4, -0.2) is 15.2 Å². The second kappa shape index (κ2) is 4.17. The van der Waals surface area contributed by atoms with Gasteiger partial charge in [0.1, 0.15) is 6.10 Å². The second-order valence-electron chi connectivity index (χ2n) is 3.36. The van der Waals surface area contributed by atoms with Crippen molar-refractivity contribution in [2.45, 2.75) is 13.0 Å². The van der Waals surface area contributed by atoms with E-state index >= 15 is 0 Å². The summed E-state index contributed by atoms with van der Waals surface area (Å²) >= 11 is 0. The molecule has 1 aromatic carbocycles. The zero-order chi connectivity index (χ0) is 12.6. The first-order valence-corrected chi connectivity index (χ1v) is 4.66. The van der Waals surface area contributed by atoms with Crippen LogP contribution in [0.1, 0.15) is 18.9 Å². The fraction of sp³-hybridized carbons (Fsp3) is 0.200. The number of hydrogen-bond donors (Lipinski definition) is 1. The van der Waals surface area contributed by atoms with E-state index in [1.807, 2.05) is 0 Å². The van der Waals surface area contributed by atoms with Crippen LogP contribution in [-0.2, 0) is 0 Å². The maximum Gasteiger partial charge on any atom is 0.261 e. The number of aromatic nitrogens is 2. The monoisotopic (exact) mass is 244 g/mol. The van der Waals surface area contributed by atoms with Crippen LogP contribution in [0.25, 0.3) is 11.5 Å². The molecule has 1 heterocycles. The summed E-state index contributed by atoms with van der Waals surface area (Å²) in [5, 5.41) is 12.5. The molecule has 7 heteroatoms. The molecule has 0 saturated carbocycles. The molecular weight excluding hydrogens is 237 g/mol. The first-order valence-electron chi connectivity index (χ1n) is 4.66. The lowest BCUT2D eigenvalue weighted by molar-refractivity contribution is 0.184. The molecule has 0 aliphatic heterocycles. The van der Waals surface area contributed by atoms with Crippen LogP contribution in [0.2, 0.25) is 0 Å². The van der Waals surface area contributed by atoms with E-state index in [0.29, 0.717) is 0 Å². The number of nitrogens with zero attached hydrogens (tertiary/aromatic N) is 2. The highest BCUT2D eigenvalue weighted by atomic mass is 19.2. The minimum atomic E-state index is -1.61. The van der Waals surface area contributed by atoms with E-state index in [4.69, 9.17) is 5.11 Å². The molecule has 0 bridgehead atoms. The molecule has 4 nitrogen and oxygen atoms in total. The largest absolute Gasteiger partial charge is 0.385 e. The number of hydrogen-bond acceptors (Lipinski definition) is 4. The first kappa shape index (κ1) is 11.6. The third kappa shape index (κ3) is 2.01. The Bertz CT molecular complexity index is 554. The summed E-state index contributed by atoms with van der Waals surface area (Å²) in [5.74, 6) is -4.71. The highest BCUT2D eigenvalue weighted by Crippen LogP contribution is 2.25. The standard InChI is InChI=1S/C10H7F3N2O2/c1-4(16)9-14-10(17-15-9)5-2-3-6(11)8(13)7(5)12/h2-4,16H,1H3. The summed E-state index contributed by atoms with van der Waals surface area (Å²) in [6.07, 6.45) is -0.999. The summed E-state index contributed by atoms with van der Waals surface area (Å²) in [6.45, 7) is 1.39. The summed E-state index contributed by atoms with van der Waals surface area (Å²) < 4.78 is 43.6. The summed E-state index contributed by atoms with van der Waals surface area (Å²) in [4.78, 5) is 3.65. The van der Waals surface area contributed by atoms with Crippen LogP contribution in [0.5, 0.6) is 0 Å². The minimum Gasteiger partial charge on any atom is -0.385 e. The van der Waals surface area contributed by atoms with E-state index < -0.39 is 23.6 Å². The molecule has 0 amide bonds. The van der Waals surface area contributed by atoms with Crippen LogP contribution in [0.15, 0.2) is 16.7 Å². The van der Waals surface area contributed by atoms with Crippen LogP contribution in [0, 0.1) is 17.5 Å². The van der Waals surface area contributed by atoms with Gasteiger partial charge in [-0.2, -0.15) is 4.98 Å². The number of halogens is 3. The van der Waals surface area contributed by atoms with Gasteiger partial charge < -0.3 is 9.63 Å². The van der Waals surface area contributed by atoms with E-state index in [2.05, 4.69) is 14.7 Å². The van der Waals surface area contributed by atoms with Crippen molar-refractivity contribution in [1.82, 2.24) is 10.1 Å². The Labute approximate surface area is 93.7 Å². The van der Waals surface area contributed by atoms with Gasteiger partial charge in [0.05, 0.1) is 5.56 Å². The fourth-order valence-electron chi connectivity index (χ4n) is 1.21. The molecule has 2 aromatic rings. The third-order valence-corrected chi connectivity index (χ3v) is 2.08. The molecule has 17 heavy (non-hydrogen) atoms. The maximum absolute atomic E-state index is 13.4. The van der Waals surface area contributed by atoms with Gasteiger partial charge in [0.2, 0.25) is 0 Å². The normalized spacial score (nSPS) is 12.8. The minimum absolute atomic E-state index is 0.0656. The van der Waals surface area contributed by atoms with E-state index in [-0.39, 0.29) is 17.3 Å². The van der Waals surface area contributed by atoms with Gasteiger partial charge in [-0.3, -0.25) is 0 Å². The van der Waals surface area contributed by atoms with Crippen molar-refractivity contribution in [3.8, 4) is 11.5 Å². The second-order valence-corrected chi connectivity index (χ2v) is 3.36. The lowest BCUT2D eigenvalue weighted by Gasteiger charge is -1.99. The predicted molar refractivity (Wildman–Crippen MR) is 50.2 cm³/mol. The Balaban J connectivity index is 2.49. The van der Waals surface area contributed by atoms with Gasteiger partial charge in [0, 0.05) is 0 Å². The van der Waals surface area contributed by atoms with Crippen molar-refractivity contribution >= 4 is 0 Å². The Morgan fingerprint density at radius 1 is 1.24 bits per heavy atom. The number of aliphatic hydroxyl groups excluding tert-OH is 1. The molecule has 1 atom stereocenters. The summed E-state index contributed by atoms with van der Waals surface area (Å²) in [5.41, 5.74) is -0.358. The topological polar surface area (TPSA) is 59.2 Å². The van der Waals surface area contributed by atoms with Crippen LogP contribution in [0.3, 0.4) is 0 Å². The predicted octanol–water partition coefficient (Wildman–Crippen LogP) is 2.21. The van der Waals surface area contributed by atoms with Crippen LogP contribution < -0.4 is 0 Å². The molecule has 1 aromatic heterocycles. The molecule has 90 valence electrons. The zero-order valence-electron chi connectivity index (χ0n) is 8.62. The maximum atomic E-state index is 13.4. The SMILES string of the molecule is CC(O)c1noc(-c2ccc(F)c(F)c2F)n1. The average molecular weight is 244 g/mol. The molecular formula is C10H7F3N2O2. The lowest BCUT2D eigenvalue weighted by Crippen LogP contribution is -1.95. The van der Waals surface area contributed by atoms with Gasteiger partial charge in [0.25, 0.3) is 5.89 Å². The van der Waals surface area contributed by atoms with E-state index in [0.717, 1.165) is 12.1 Å². The van der Waals surface area contributed by atoms with E-state index in [1.54, 1.807) is 0 Å². The van der Waals surface area contributed by atoms with Crippen molar-refractivity contribution < 1.29 is 22.8 Å². The Hall–Kier alpha value is -1.89. The number of aliphatic hydroxyl groups is 1. The van der Waals surface area contributed by atoms with E-state index in [9.17, 15) is 13.2 Å². The van der Waals surface area contributed by atoms with E-state index in [1.165, 1.54) is 6.92 Å². The Morgan fingerprint density at radius 2 is 1.94 bits per heavy atom. The van der Waals surface area contributed by atoms with Crippen molar-refractivity contribution in [2.24, 2.45) is 0 Å². The smallest absolute Gasteiger partial charge is 0.261 e. The fourth-order valence-corrected chi connectivity index (χ4v) is 1.21. The zero-order valence-corrected chi connectivity index (χ0v) is 8.62. The van der Waals surface area contributed by atoms with Crippen molar-refractivity contribution in [1.29, 1.82) is 0 Å². The lowest BCUT2D eigenvalue weighted by atomic mass is 10.2. The van der Waals surface area contributed by atoms with Gasteiger partial charge in [-0.1, -0.05) is 5.16 Å². The number of rotatable bonds is 2. The van der Waals surface area contributed by atoms with Gasteiger partial charge in [-0.15, -0.1) is 0 Å². The quantitative estimate of drug-likeness (QED) is 0.823. The van der Waals surface area contributed by atoms with Gasteiger partial charge in [0.15, 0.2) is 23.3 Å². The Morgan fingerprint density at radius 3 is 2.53 bits per heavy atom. The molecule has 2 rings (SSSR count). The van der Waals surface area contributed by atoms with Gasteiger partial charge >= 0.3 is 0 Å². The van der Waals surface area contributed by atoms with Crippen LogP contribution >= 0.6 is 0 Å². The highest BCUT2D eigenvalue weighted by Gasteiger charge is 2.20. The molecule has 0 aliphatic rings. The molecule has 1 unspecified atom stereocenters. The molecule has 0 aliphatic carbocycles. The first-order chi connectivity index (χ1) is 8.00. The highest BCUT2D eigenvalue weighted by molar-refractivity contribution is 5.54. The molecule has 0 radical (unpaired) electrons. The Kier molecular flexibility index (Phi) is 2.84. The average Bonchev–Trinajstić information content (AvgIpc) is 2.75. The van der Waals surface area contributed by atoms with Crippen molar-refractivity contribution in [3.05, 3.63) is 35.4 Å². The molecule has 0 fully saturated rings. The molecule has 0 spiro atoms. The summed E-state index contributed by atoms with van der Waals surface area (Å²) in [7, 11) is 0. The summed E-state index contributed by atoms with van der Waals surface area (Å²) in [6, 6.07) is 1.73. The van der Waals surface area contributed by atoms with Gasteiger partial charge in [-0.05, 0) is 19.1 Å². The molecule has 1 N–H and O–H groups in total.